The lowest BCUT2D eigenvalue weighted by molar-refractivity contribution is -0.136. The Labute approximate surface area is 165 Å². The number of hydrogen-bond acceptors (Lipinski definition) is 5. The van der Waals surface area contributed by atoms with Crippen LogP contribution in [0.2, 0.25) is 0 Å². The molecule has 0 unspecified atom stereocenters. The molecule has 0 heterocycles. The average Bonchev–Trinajstić information content (AvgIpc) is 3.00. The predicted octanol–water partition coefficient (Wildman–Crippen LogP) is 4.84. The molecule has 0 saturated carbocycles. The maximum absolute atomic E-state index is 12.5. The molecule has 3 rings (SSSR count). The normalized spacial score (nSPS) is 13.2. The van der Waals surface area contributed by atoms with Gasteiger partial charge in [-0.1, -0.05) is 39.0 Å². The molecular weight excluding hydrogens is 356 g/mol. The van der Waals surface area contributed by atoms with Gasteiger partial charge in [0.2, 0.25) is 5.75 Å². The smallest absolute Gasteiger partial charge is 0.311 e. The van der Waals surface area contributed by atoms with Gasteiger partial charge in [0, 0.05) is 17.5 Å². The molecule has 0 bridgehead atoms. The maximum atomic E-state index is 12.5. The number of Topliss-reactive ketones (excluding diaryl/α,β-unsaturated/α-hetero) is 1. The lowest BCUT2D eigenvalue weighted by Crippen LogP contribution is -2.18. The molecule has 2 aromatic rings. The van der Waals surface area contributed by atoms with Crippen molar-refractivity contribution in [3.05, 3.63) is 41.5 Å². The summed E-state index contributed by atoms with van der Waals surface area (Å²) in [5.41, 5.74) is 3.19. The highest BCUT2D eigenvalue weighted by Gasteiger charge is 2.25. The van der Waals surface area contributed by atoms with Crippen LogP contribution < -0.4 is 14.2 Å². The Kier molecular flexibility index (Phi) is 5.45. The van der Waals surface area contributed by atoms with E-state index in [-0.39, 0.29) is 23.6 Å². The van der Waals surface area contributed by atoms with E-state index in [0.29, 0.717) is 23.7 Å². The van der Waals surface area contributed by atoms with E-state index in [4.69, 9.17) is 14.2 Å². The van der Waals surface area contributed by atoms with Crippen molar-refractivity contribution in [2.75, 3.05) is 14.2 Å². The van der Waals surface area contributed by atoms with Crippen molar-refractivity contribution >= 4 is 11.8 Å². The summed E-state index contributed by atoms with van der Waals surface area (Å²) in [5, 5.41) is 0. The molecule has 0 aliphatic heterocycles. The number of carbonyl (C=O) groups excluding carboxylic acids is 2. The van der Waals surface area contributed by atoms with E-state index in [9.17, 15) is 9.59 Å². The summed E-state index contributed by atoms with van der Waals surface area (Å²) in [6.07, 6.45) is 1.54. The quantitative estimate of drug-likeness (QED) is 0.547. The number of fused-ring (bicyclic) bond motifs is 1. The van der Waals surface area contributed by atoms with E-state index < -0.39 is 0 Å². The molecule has 1 aliphatic carbocycles. The first-order chi connectivity index (χ1) is 13.2. The second-order valence-corrected chi connectivity index (χ2v) is 8.18. The van der Waals surface area contributed by atoms with E-state index in [0.717, 1.165) is 28.7 Å². The van der Waals surface area contributed by atoms with Gasteiger partial charge in [0.25, 0.3) is 0 Å². The zero-order valence-corrected chi connectivity index (χ0v) is 17.0. The van der Waals surface area contributed by atoms with Crippen LogP contribution in [-0.2, 0) is 11.2 Å². The third kappa shape index (κ3) is 4.03. The standard InChI is InChI=1S/C23H26O5/c1-23(2,3)13-20(25)28-21-17(9-11-19(26-4)22(21)27-5)15-6-8-16-14(12-15)7-10-18(16)24/h6,8-9,11-12H,7,10,13H2,1-5H3. The Bertz CT molecular complexity index is 921. The van der Waals surface area contributed by atoms with E-state index in [1.54, 1.807) is 13.2 Å². The van der Waals surface area contributed by atoms with Crippen LogP contribution in [-0.4, -0.2) is 26.0 Å². The summed E-state index contributed by atoms with van der Waals surface area (Å²) in [6, 6.07) is 9.34. The van der Waals surface area contributed by atoms with Crippen molar-refractivity contribution in [2.45, 2.75) is 40.0 Å². The van der Waals surface area contributed by atoms with Crippen LogP contribution in [0.1, 0.15) is 49.5 Å². The summed E-state index contributed by atoms with van der Waals surface area (Å²) in [6.45, 7) is 5.94. The first-order valence-corrected chi connectivity index (χ1v) is 9.35. The molecule has 0 fully saturated rings. The fourth-order valence-corrected chi connectivity index (χ4v) is 3.43. The molecule has 5 nitrogen and oxygen atoms in total. The van der Waals surface area contributed by atoms with Gasteiger partial charge >= 0.3 is 5.97 Å². The molecule has 0 N–H and O–H groups in total. The topological polar surface area (TPSA) is 61.8 Å². The summed E-state index contributed by atoms with van der Waals surface area (Å²) in [4.78, 5) is 24.5. The van der Waals surface area contributed by atoms with Crippen LogP contribution in [0.3, 0.4) is 0 Å². The number of ether oxygens (including phenoxy) is 3. The van der Waals surface area contributed by atoms with Crippen molar-refractivity contribution in [3.8, 4) is 28.4 Å². The van der Waals surface area contributed by atoms with Crippen LogP contribution in [0.4, 0.5) is 0 Å². The Hall–Kier alpha value is -2.82. The fourth-order valence-electron chi connectivity index (χ4n) is 3.43. The Morgan fingerprint density at radius 2 is 1.68 bits per heavy atom. The Balaban J connectivity index is 2.08. The zero-order chi connectivity index (χ0) is 20.5. The molecule has 1 aliphatic rings. The molecule has 5 heteroatoms. The first-order valence-electron chi connectivity index (χ1n) is 9.35. The molecule has 148 valence electrons. The molecule has 0 amide bonds. The Morgan fingerprint density at radius 3 is 2.32 bits per heavy atom. The number of aryl methyl sites for hydroxylation is 1. The van der Waals surface area contributed by atoms with Crippen LogP contribution in [0.15, 0.2) is 30.3 Å². The lowest BCUT2D eigenvalue weighted by Gasteiger charge is -2.20. The maximum Gasteiger partial charge on any atom is 0.311 e. The van der Waals surface area contributed by atoms with Gasteiger partial charge in [-0.25, -0.2) is 0 Å². The van der Waals surface area contributed by atoms with Crippen LogP contribution in [0.25, 0.3) is 11.1 Å². The van der Waals surface area contributed by atoms with Crippen molar-refractivity contribution in [3.63, 3.8) is 0 Å². The highest BCUT2D eigenvalue weighted by molar-refractivity contribution is 6.01. The molecule has 0 atom stereocenters. The minimum Gasteiger partial charge on any atom is -0.493 e. The molecule has 0 spiro atoms. The van der Waals surface area contributed by atoms with Gasteiger partial charge in [-0.15, -0.1) is 0 Å². The van der Waals surface area contributed by atoms with E-state index in [1.165, 1.54) is 7.11 Å². The van der Waals surface area contributed by atoms with E-state index in [1.807, 2.05) is 45.0 Å². The average molecular weight is 382 g/mol. The summed E-state index contributed by atoms with van der Waals surface area (Å²) in [5.74, 6) is 1.03. The van der Waals surface area contributed by atoms with Crippen molar-refractivity contribution in [1.29, 1.82) is 0 Å². The number of benzene rings is 2. The summed E-state index contributed by atoms with van der Waals surface area (Å²) < 4.78 is 16.7. The molecule has 2 aromatic carbocycles. The number of rotatable bonds is 5. The van der Waals surface area contributed by atoms with Crippen molar-refractivity contribution in [1.82, 2.24) is 0 Å². The Morgan fingerprint density at radius 1 is 0.964 bits per heavy atom. The monoisotopic (exact) mass is 382 g/mol. The van der Waals surface area contributed by atoms with E-state index >= 15 is 0 Å². The highest BCUT2D eigenvalue weighted by atomic mass is 16.6. The summed E-state index contributed by atoms with van der Waals surface area (Å²) in [7, 11) is 3.06. The van der Waals surface area contributed by atoms with Gasteiger partial charge in [-0.05, 0) is 35.1 Å². The second-order valence-electron chi connectivity index (χ2n) is 8.18. The van der Waals surface area contributed by atoms with Gasteiger partial charge in [0.1, 0.15) is 0 Å². The molecule has 0 saturated heterocycles. The number of methoxy groups -OCH3 is 2. The number of hydrogen-bond donors (Lipinski definition) is 0. The molecule has 0 radical (unpaired) electrons. The zero-order valence-electron chi connectivity index (χ0n) is 17.0. The minimum absolute atomic E-state index is 0.172. The lowest BCUT2D eigenvalue weighted by atomic mass is 9.92. The predicted molar refractivity (Wildman–Crippen MR) is 107 cm³/mol. The van der Waals surface area contributed by atoms with Crippen LogP contribution >= 0.6 is 0 Å². The first kappa shape index (κ1) is 19.9. The molecule has 28 heavy (non-hydrogen) atoms. The molecule has 0 aromatic heterocycles. The number of esters is 1. The third-order valence-electron chi connectivity index (χ3n) is 4.73. The summed E-state index contributed by atoms with van der Waals surface area (Å²) >= 11 is 0. The van der Waals surface area contributed by atoms with Crippen LogP contribution in [0.5, 0.6) is 17.2 Å². The van der Waals surface area contributed by atoms with Gasteiger partial charge in [0.05, 0.1) is 20.6 Å². The minimum atomic E-state index is -0.336. The largest absolute Gasteiger partial charge is 0.493 e. The number of carbonyl (C=O) groups is 2. The molecular formula is C23H26O5. The van der Waals surface area contributed by atoms with Gasteiger partial charge in [0.15, 0.2) is 17.3 Å². The number of ketones is 1. The van der Waals surface area contributed by atoms with Gasteiger partial charge in [-0.2, -0.15) is 0 Å². The third-order valence-corrected chi connectivity index (χ3v) is 4.73. The van der Waals surface area contributed by atoms with Crippen molar-refractivity contribution in [2.24, 2.45) is 5.41 Å². The SMILES string of the molecule is COc1ccc(-c2ccc3c(c2)CCC3=O)c(OC(=O)CC(C)(C)C)c1OC. The van der Waals surface area contributed by atoms with Crippen LogP contribution in [0, 0.1) is 5.41 Å². The van der Waals surface area contributed by atoms with Gasteiger partial charge < -0.3 is 14.2 Å². The van der Waals surface area contributed by atoms with Crippen molar-refractivity contribution < 1.29 is 23.8 Å². The van der Waals surface area contributed by atoms with E-state index in [2.05, 4.69) is 0 Å². The fraction of sp³-hybridized carbons (Fsp3) is 0.391. The second kappa shape index (κ2) is 7.66. The van der Waals surface area contributed by atoms with Gasteiger partial charge in [-0.3, -0.25) is 9.59 Å². The highest BCUT2D eigenvalue weighted by Crippen LogP contribution is 2.45.